The third kappa shape index (κ3) is 2.05. The molecule has 0 aliphatic rings. The van der Waals surface area contributed by atoms with E-state index in [1.165, 1.54) is 12.1 Å². The van der Waals surface area contributed by atoms with E-state index in [9.17, 15) is 14.0 Å². The molecule has 1 aromatic heterocycles. The van der Waals surface area contributed by atoms with Crippen LogP contribution in [0, 0.1) is 5.82 Å². The van der Waals surface area contributed by atoms with Crippen LogP contribution in [0.5, 0.6) is 0 Å². The van der Waals surface area contributed by atoms with Gasteiger partial charge in [0.05, 0.1) is 6.33 Å². The van der Waals surface area contributed by atoms with Crippen molar-refractivity contribution < 1.29 is 19.1 Å². The molecule has 0 saturated heterocycles. The van der Waals surface area contributed by atoms with Crippen molar-refractivity contribution in [2.75, 3.05) is 0 Å². The van der Waals surface area contributed by atoms with Gasteiger partial charge in [0.1, 0.15) is 11.5 Å². The van der Waals surface area contributed by atoms with Gasteiger partial charge in [-0.25, -0.2) is 14.2 Å². The topological polar surface area (TPSA) is 83.0 Å². The van der Waals surface area contributed by atoms with Gasteiger partial charge in [0.2, 0.25) is 5.78 Å². The van der Waals surface area contributed by atoms with E-state index in [1.54, 1.807) is 0 Å². The lowest BCUT2D eigenvalue weighted by molar-refractivity contribution is 0.0687. The first kappa shape index (κ1) is 11.0. The van der Waals surface area contributed by atoms with Crippen molar-refractivity contribution in [2.45, 2.75) is 0 Å². The Hall–Kier alpha value is -2.50. The normalized spacial score (nSPS) is 10.2. The van der Waals surface area contributed by atoms with E-state index in [4.69, 9.17) is 5.11 Å². The van der Waals surface area contributed by atoms with Gasteiger partial charge in [-0.1, -0.05) is 0 Å². The quantitative estimate of drug-likeness (QED) is 0.788. The van der Waals surface area contributed by atoms with Crippen molar-refractivity contribution in [1.82, 2.24) is 9.97 Å². The Labute approximate surface area is 94.9 Å². The lowest BCUT2D eigenvalue weighted by atomic mass is 10.1. The SMILES string of the molecule is O=C(c1ccc(F)cc1)c1nc[nH]c1C(=O)O. The summed E-state index contributed by atoms with van der Waals surface area (Å²) in [6, 6.07) is 4.80. The molecule has 0 amide bonds. The molecule has 0 saturated carbocycles. The summed E-state index contributed by atoms with van der Waals surface area (Å²) < 4.78 is 12.7. The smallest absolute Gasteiger partial charge is 0.354 e. The van der Waals surface area contributed by atoms with Crippen LogP contribution in [0.1, 0.15) is 26.5 Å². The number of aromatic carboxylic acids is 1. The number of hydrogen-bond acceptors (Lipinski definition) is 3. The molecular weight excluding hydrogens is 227 g/mol. The molecule has 5 nitrogen and oxygen atoms in total. The van der Waals surface area contributed by atoms with Gasteiger partial charge < -0.3 is 10.1 Å². The van der Waals surface area contributed by atoms with Gasteiger partial charge in [-0.15, -0.1) is 0 Å². The number of halogens is 1. The first-order valence-corrected chi connectivity index (χ1v) is 4.66. The highest BCUT2D eigenvalue weighted by Gasteiger charge is 2.20. The predicted molar refractivity (Wildman–Crippen MR) is 55.4 cm³/mol. The van der Waals surface area contributed by atoms with E-state index in [0.29, 0.717) is 0 Å². The molecular formula is C11H7FN2O3. The molecule has 1 aromatic carbocycles. The van der Waals surface area contributed by atoms with Crippen molar-refractivity contribution in [3.05, 3.63) is 53.4 Å². The van der Waals surface area contributed by atoms with Crippen LogP contribution in [0.4, 0.5) is 4.39 Å². The molecule has 0 radical (unpaired) electrons. The maximum atomic E-state index is 12.7. The summed E-state index contributed by atoms with van der Waals surface area (Å²) in [7, 11) is 0. The van der Waals surface area contributed by atoms with Gasteiger partial charge >= 0.3 is 5.97 Å². The van der Waals surface area contributed by atoms with Gasteiger partial charge in [0.25, 0.3) is 0 Å². The van der Waals surface area contributed by atoms with Crippen molar-refractivity contribution in [1.29, 1.82) is 0 Å². The molecule has 86 valence electrons. The largest absolute Gasteiger partial charge is 0.477 e. The Kier molecular flexibility index (Phi) is 2.70. The first-order chi connectivity index (χ1) is 8.09. The molecule has 2 N–H and O–H groups in total. The number of hydrogen-bond donors (Lipinski definition) is 2. The fraction of sp³-hybridized carbons (Fsp3) is 0. The number of aromatic nitrogens is 2. The average Bonchev–Trinajstić information content (AvgIpc) is 2.78. The summed E-state index contributed by atoms with van der Waals surface area (Å²) in [6.45, 7) is 0. The number of nitrogens with one attached hydrogen (secondary N) is 1. The van der Waals surface area contributed by atoms with Crippen LogP contribution < -0.4 is 0 Å². The second-order valence-electron chi connectivity index (χ2n) is 3.27. The van der Waals surface area contributed by atoms with Crippen molar-refractivity contribution >= 4 is 11.8 Å². The van der Waals surface area contributed by atoms with Crippen LogP contribution in [0.15, 0.2) is 30.6 Å². The molecule has 6 heteroatoms. The minimum Gasteiger partial charge on any atom is -0.477 e. The number of benzene rings is 1. The fourth-order valence-corrected chi connectivity index (χ4v) is 1.37. The van der Waals surface area contributed by atoms with Gasteiger partial charge in [-0.3, -0.25) is 4.79 Å². The lowest BCUT2D eigenvalue weighted by Gasteiger charge is -1.99. The first-order valence-electron chi connectivity index (χ1n) is 4.66. The van der Waals surface area contributed by atoms with Crippen LogP contribution in [-0.2, 0) is 0 Å². The summed E-state index contributed by atoms with van der Waals surface area (Å²) in [5.74, 6) is -2.31. The van der Waals surface area contributed by atoms with Gasteiger partial charge in [-0.2, -0.15) is 0 Å². The molecule has 0 aliphatic heterocycles. The predicted octanol–water partition coefficient (Wildman–Crippen LogP) is 1.48. The number of rotatable bonds is 3. The van der Waals surface area contributed by atoms with Crippen molar-refractivity contribution in [2.24, 2.45) is 0 Å². The zero-order valence-electron chi connectivity index (χ0n) is 8.48. The number of carbonyl (C=O) groups excluding carboxylic acids is 1. The number of imidazole rings is 1. The summed E-state index contributed by atoms with van der Waals surface area (Å²) in [5, 5.41) is 8.81. The standard InChI is InChI=1S/C11H7FN2O3/c12-7-3-1-6(2-4-7)10(15)8-9(11(16)17)14-5-13-8/h1-5H,(H,13,14)(H,16,17). The molecule has 2 rings (SSSR count). The van der Waals surface area contributed by atoms with Crippen LogP contribution in [0.2, 0.25) is 0 Å². The molecule has 0 unspecified atom stereocenters. The highest BCUT2D eigenvalue weighted by atomic mass is 19.1. The van der Waals surface area contributed by atoms with Crippen molar-refractivity contribution in [3.8, 4) is 0 Å². The van der Waals surface area contributed by atoms with E-state index >= 15 is 0 Å². The Balaban J connectivity index is 2.40. The van der Waals surface area contributed by atoms with Crippen molar-refractivity contribution in [3.63, 3.8) is 0 Å². The van der Waals surface area contributed by atoms with Gasteiger partial charge in [0.15, 0.2) is 5.69 Å². The summed E-state index contributed by atoms with van der Waals surface area (Å²) >= 11 is 0. The maximum Gasteiger partial charge on any atom is 0.354 e. The number of carboxylic acid groups (broad SMARTS) is 1. The maximum absolute atomic E-state index is 12.7. The molecule has 0 atom stereocenters. The average molecular weight is 234 g/mol. The highest BCUT2D eigenvalue weighted by molar-refractivity contribution is 6.12. The van der Waals surface area contributed by atoms with Crippen LogP contribution >= 0.6 is 0 Å². The second-order valence-corrected chi connectivity index (χ2v) is 3.27. The number of nitrogens with zero attached hydrogens (tertiary/aromatic N) is 1. The monoisotopic (exact) mass is 234 g/mol. The second kappa shape index (κ2) is 4.17. The lowest BCUT2D eigenvalue weighted by Crippen LogP contribution is -2.09. The van der Waals surface area contributed by atoms with E-state index < -0.39 is 17.6 Å². The fourth-order valence-electron chi connectivity index (χ4n) is 1.37. The van der Waals surface area contributed by atoms with Gasteiger partial charge in [-0.05, 0) is 24.3 Å². The summed E-state index contributed by atoms with van der Waals surface area (Å²) in [6.07, 6.45) is 1.13. The Morgan fingerprint density at radius 1 is 1.24 bits per heavy atom. The Morgan fingerprint density at radius 3 is 2.47 bits per heavy atom. The van der Waals surface area contributed by atoms with E-state index in [-0.39, 0.29) is 17.0 Å². The van der Waals surface area contributed by atoms with E-state index in [1.807, 2.05) is 0 Å². The summed E-state index contributed by atoms with van der Waals surface area (Å²) in [4.78, 5) is 28.7. The summed E-state index contributed by atoms with van der Waals surface area (Å²) in [5.41, 5.74) is -0.288. The number of carboxylic acids is 1. The third-order valence-corrected chi connectivity index (χ3v) is 2.17. The van der Waals surface area contributed by atoms with E-state index in [0.717, 1.165) is 18.5 Å². The zero-order chi connectivity index (χ0) is 12.4. The zero-order valence-corrected chi connectivity index (χ0v) is 8.48. The molecule has 17 heavy (non-hydrogen) atoms. The molecule has 2 aromatic rings. The molecule has 0 bridgehead atoms. The molecule has 0 spiro atoms. The number of aromatic amines is 1. The highest BCUT2D eigenvalue weighted by Crippen LogP contribution is 2.11. The minimum absolute atomic E-state index is 0.181. The number of ketones is 1. The van der Waals surface area contributed by atoms with Crippen LogP contribution in [-0.4, -0.2) is 26.8 Å². The Bertz CT molecular complexity index is 575. The van der Waals surface area contributed by atoms with Gasteiger partial charge in [0, 0.05) is 5.56 Å². The minimum atomic E-state index is -1.27. The third-order valence-electron chi connectivity index (χ3n) is 2.17. The molecule has 0 aliphatic carbocycles. The number of carbonyl (C=O) groups is 2. The number of H-pyrrole nitrogens is 1. The van der Waals surface area contributed by atoms with E-state index in [2.05, 4.69) is 9.97 Å². The Morgan fingerprint density at radius 2 is 1.88 bits per heavy atom. The molecule has 0 fully saturated rings. The van der Waals surface area contributed by atoms with Crippen LogP contribution in [0.3, 0.4) is 0 Å². The molecule has 1 heterocycles. The van der Waals surface area contributed by atoms with Crippen LogP contribution in [0.25, 0.3) is 0 Å².